The molecule has 0 saturated carbocycles. The van der Waals surface area contributed by atoms with Gasteiger partial charge in [-0.15, -0.1) is 0 Å². The van der Waals surface area contributed by atoms with Crippen LogP contribution in [0.5, 0.6) is 17.2 Å². The highest BCUT2D eigenvalue weighted by atomic mass is 16.6. The van der Waals surface area contributed by atoms with E-state index in [1.807, 2.05) is 0 Å². The SMILES string of the molecule is COc1ccc(C(=O)Nc2ccc([N+](=O)[O-])cc2)c(OC)c1OC. The van der Waals surface area contributed by atoms with Gasteiger partial charge in [0.15, 0.2) is 11.5 Å². The Morgan fingerprint density at radius 3 is 2.08 bits per heavy atom. The molecule has 8 heteroatoms. The van der Waals surface area contributed by atoms with Gasteiger partial charge in [-0.1, -0.05) is 0 Å². The van der Waals surface area contributed by atoms with Gasteiger partial charge in [0.1, 0.15) is 0 Å². The molecular weight excluding hydrogens is 316 g/mol. The standard InChI is InChI=1S/C16H16N2O6/c1-22-13-9-8-12(14(23-2)15(13)24-3)16(19)17-10-4-6-11(7-5-10)18(20)21/h4-9H,1-3H3,(H,17,19). The van der Waals surface area contributed by atoms with Gasteiger partial charge in [-0.3, -0.25) is 14.9 Å². The van der Waals surface area contributed by atoms with Crippen LogP contribution in [0.15, 0.2) is 36.4 Å². The van der Waals surface area contributed by atoms with Crippen molar-refractivity contribution in [1.82, 2.24) is 0 Å². The number of carbonyl (C=O) groups is 1. The molecule has 0 unspecified atom stereocenters. The van der Waals surface area contributed by atoms with Crippen molar-refractivity contribution in [2.75, 3.05) is 26.6 Å². The number of rotatable bonds is 6. The molecule has 1 amide bonds. The van der Waals surface area contributed by atoms with Crippen molar-refractivity contribution in [3.63, 3.8) is 0 Å². The van der Waals surface area contributed by atoms with Crippen molar-refractivity contribution < 1.29 is 23.9 Å². The lowest BCUT2D eigenvalue weighted by Gasteiger charge is -2.15. The van der Waals surface area contributed by atoms with Crippen LogP contribution in [0, 0.1) is 10.1 Å². The van der Waals surface area contributed by atoms with E-state index in [1.165, 1.54) is 45.6 Å². The first-order valence-corrected chi connectivity index (χ1v) is 6.86. The van der Waals surface area contributed by atoms with E-state index in [0.717, 1.165) is 0 Å². The molecule has 0 aliphatic heterocycles. The van der Waals surface area contributed by atoms with Crippen molar-refractivity contribution in [2.24, 2.45) is 0 Å². The van der Waals surface area contributed by atoms with Gasteiger partial charge in [-0.25, -0.2) is 0 Å². The number of nitro benzene ring substituents is 1. The quantitative estimate of drug-likeness (QED) is 0.645. The maximum Gasteiger partial charge on any atom is 0.269 e. The van der Waals surface area contributed by atoms with Crippen LogP contribution in [-0.2, 0) is 0 Å². The van der Waals surface area contributed by atoms with Gasteiger partial charge in [0.05, 0.1) is 31.8 Å². The van der Waals surface area contributed by atoms with Crippen LogP contribution in [0.25, 0.3) is 0 Å². The Hall–Kier alpha value is -3.29. The lowest BCUT2D eigenvalue weighted by Crippen LogP contribution is -2.14. The van der Waals surface area contributed by atoms with E-state index < -0.39 is 10.8 Å². The molecule has 0 saturated heterocycles. The number of nitro groups is 1. The molecule has 0 atom stereocenters. The first-order chi connectivity index (χ1) is 11.5. The Kier molecular flexibility index (Phi) is 5.20. The average Bonchev–Trinajstić information content (AvgIpc) is 2.60. The van der Waals surface area contributed by atoms with E-state index in [9.17, 15) is 14.9 Å². The number of nitrogens with zero attached hydrogens (tertiary/aromatic N) is 1. The van der Waals surface area contributed by atoms with E-state index >= 15 is 0 Å². The minimum atomic E-state index is -0.511. The van der Waals surface area contributed by atoms with E-state index in [4.69, 9.17) is 14.2 Å². The van der Waals surface area contributed by atoms with Crippen LogP contribution in [0.4, 0.5) is 11.4 Å². The van der Waals surface area contributed by atoms with Gasteiger partial charge < -0.3 is 19.5 Å². The summed E-state index contributed by atoms with van der Waals surface area (Å²) in [6.45, 7) is 0. The summed E-state index contributed by atoms with van der Waals surface area (Å²) in [5.41, 5.74) is 0.604. The highest BCUT2D eigenvalue weighted by Crippen LogP contribution is 2.39. The molecule has 0 aliphatic rings. The number of ether oxygens (including phenoxy) is 3. The topological polar surface area (TPSA) is 99.9 Å². The Bertz CT molecular complexity index is 758. The molecular formula is C16H16N2O6. The zero-order valence-electron chi connectivity index (χ0n) is 13.4. The van der Waals surface area contributed by atoms with Crippen LogP contribution in [-0.4, -0.2) is 32.2 Å². The number of carbonyl (C=O) groups excluding carboxylic acids is 1. The first kappa shape index (κ1) is 17.1. The summed E-state index contributed by atoms with van der Waals surface area (Å²) in [6.07, 6.45) is 0. The molecule has 0 aromatic heterocycles. The fourth-order valence-corrected chi connectivity index (χ4v) is 2.14. The number of hydrogen-bond donors (Lipinski definition) is 1. The molecule has 0 radical (unpaired) electrons. The molecule has 1 N–H and O–H groups in total. The van der Waals surface area contributed by atoms with Crippen molar-refractivity contribution in [3.05, 3.63) is 52.1 Å². The van der Waals surface area contributed by atoms with Crippen molar-refractivity contribution >= 4 is 17.3 Å². The second-order valence-electron chi connectivity index (χ2n) is 4.64. The van der Waals surface area contributed by atoms with Crippen molar-refractivity contribution in [3.8, 4) is 17.2 Å². The normalized spacial score (nSPS) is 9.96. The Labute approximate surface area is 138 Å². The lowest BCUT2D eigenvalue weighted by molar-refractivity contribution is -0.384. The van der Waals surface area contributed by atoms with Crippen LogP contribution < -0.4 is 19.5 Å². The molecule has 2 aromatic carbocycles. The van der Waals surface area contributed by atoms with Gasteiger partial charge in [0, 0.05) is 17.8 Å². The molecule has 24 heavy (non-hydrogen) atoms. The van der Waals surface area contributed by atoms with Crippen molar-refractivity contribution in [1.29, 1.82) is 0 Å². The van der Waals surface area contributed by atoms with E-state index in [1.54, 1.807) is 12.1 Å². The maximum atomic E-state index is 12.5. The third-order valence-corrected chi connectivity index (χ3v) is 3.28. The highest BCUT2D eigenvalue weighted by molar-refractivity contribution is 6.07. The lowest BCUT2D eigenvalue weighted by atomic mass is 10.1. The van der Waals surface area contributed by atoms with E-state index in [-0.39, 0.29) is 17.0 Å². The number of amides is 1. The zero-order chi connectivity index (χ0) is 17.7. The maximum absolute atomic E-state index is 12.5. The second-order valence-corrected chi connectivity index (χ2v) is 4.64. The largest absolute Gasteiger partial charge is 0.493 e. The molecule has 2 rings (SSSR count). The van der Waals surface area contributed by atoms with Crippen LogP contribution in [0.2, 0.25) is 0 Å². The van der Waals surface area contributed by atoms with Gasteiger partial charge in [-0.2, -0.15) is 0 Å². The first-order valence-electron chi connectivity index (χ1n) is 6.86. The van der Waals surface area contributed by atoms with Crippen LogP contribution in [0.1, 0.15) is 10.4 Å². The van der Waals surface area contributed by atoms with Gasteiger partial charge in [-0.05, 0) is 24.3 Å². The molecule has 0 aliphatic carbocycles. The summed E-state index contributed by atoms with van der Waals surface area (Å²) in [4.78, 5) is 22.6. The monoisotopic (exact) mass is 332 g/mol. The Balaban J connectivity index is 2.31. The Morgan fingerprint density at radius 2 is 1.58 bits per heavy atom. The fourth-order valence-electron chi connectivity index (χ4n) is 2.14. The fraction of sp³-hybridized carbons (Fsp3) is 0.188. The summed E-state index contributed by atoms with van der Waals surface area (Å²) < 4.78 is 15.7. The predicted octanol–water partition coefficient (Wildman–Crippen LogP) is 2.87. The summed E-state index contributed by atoms with van der Waals surface area (Å²) in [5, 5.41) is 13.3. The summed E-state index contributed by atoms with van der Waals surface area (Å²) in [6, 6.07) is 8.64. The summed E-state index contributed by atoms with van der Waals surface area (Å²) in [5.74, 6) is 0.524. The number of hydrogen-bond acceptors (Lipinski definition) is 6. The third kappa shape index (κ3) is 3.37. The number of methoxy groups -OCH3 is 3. The van der Waals surface area contributed by atoms with Gasteiger partial charge in [0.25, 0.3) is 11.6 Å². The average molecular weight is 332 g/mol. The molecule has 0 heterocycles. The Morgan fingerprint density at radius 1 is 0.958 bits per heavy atom. The summed E-state index contributed by atoms with van der Waals surface area (Å²) >= 11 is 0. The molecule has 0 fully saturated rings. The minimum Gasteiger partial charge on any atom is -0.493 e. The highest BCUT2D eigenvalue weighted by Gasteiger charge is 2.20. The third-order valence-electron chi connectivity index (χ3n) is 3.28. The molecule has 0 spiro atoms. The molecule has 0 bridgehead atoms. The molecule has 8 nitrogen and oxygen atoms in total. The van der Waals surface area contributed by atoms with Gasteiger partial charge in [0.2, 0.25) is 5.75 Å². The second kappa shape index (κ2) is 7.32. The van der Waals surface area contributed by atoms with Crippen LogP contribution >= 0.6 is 0 Å². The zero-order valence-corrected chi connectivity index (χ0v) is 13.4. The number of nitrogens with one attached hydrogen (secondary N) is 1. The molecule has 2 aromatic rings. The van der Waals surface area contributed by atoms with E-state index in [0.29, 0.717) is 17.2 Å². The minimum absolute atomic E-state index is 0.0586. The van der Waals surface area contributed by atoms with E-state index in [2.05, 4.69) is 5.32 Å². The van der Waals surface area contributed by atoms with Gasteiger partial charge >= 0.3 is 0 Å². The summed E-state index contributed by atoms with van der Waals surface area (Å²) in [7, 11) is 4.34. The number of non-ortho nitro benzene ring substituents is 1. The van der Waals surface area contributed by atoms with Crippen LogP contribution in [0.3, 0.4) is 0 Å². The smallest absolute Gasteiger partial charge is 0.269 e. The molecule has 126 valence electrons. The number of benzene rings is 2. The predicted molar refractivity (Wildman–Crippen MR) is 87.1 cm³/mol. The number of anilines is 1. The van der Waals surface area contributed by atoms with Crippen molar-refractivity contribution in [2.45, 2.75) is 0 Å².